The highest BCUT2D eigenvalue weighted by atomic mass is 32.1. The Balaban J connectivity index is 1.90. The van der Waals surface area contributed by atoms with Crippen molar-refractivity contribution in [3.05, 3.63) is 46.4 Å². The Hall–Kier alpha value is -1.53. The fraction of sp³-hybridized carbons (Fsp3) is 0.357. The van der Waals surface area contributed by atoms with E-state index in [1.165, 1.54) is 0 Å². The average molecular weight is 298 g/mol. The molecule has 0 aliphatic carbocycles. The van der Waals surface area contributed by atoms with Crippen molar-refractivity contribution in [1.29, 1.82) is 0 Å². The summed E-state index contributed by atoms with van der Waals surface area (Å²) in [6, 6.07) is 6.87. The van der Waals surface area contributed by atoms with Crippen molar-refractivity contribution >= 4 is 11.3 Å². The standard InChI is InChI=1S/C14H16F2N2OS/c1-2-12(13-17-7-8-20-13)18-9-10-3-5-11(6-4-10)19-14(15)16/h3-8,12,14,18H,2,9H2,1H3. The van der Waals surface area contributed by atoms with Crippen LogP contribution >= 0.6 is 11.3 Å². The van der Waals surface area contributed by atoms with Crippen LogP contribution in [0.1, 0.15) is 30.0 Å². The zero-order valence-electron chi connectivity index (χ0n) is 11.1. The van der Waals surface area contributed by atoms with Gasteiger partial charge in [0.05, 0.1) is 6.04 Å². The van der Waals surface area contributed by atoms with Crippen molar-refractivity contribution in [1.82, 2.24) is 10.3 Å². The first kappa shape index (κ1) is 14.9. The highest BCUT2D eigenvalue weighted by Crippen LogP contribution is 2.20. The molecule has 108 valence electrons. The topological polar surface area (TPSA) is 34.1 Å². The van der Waals surface area contributed by atoms with Crippen LogP contribution in [0.4, 0.5) is 8.78 Å². The number of rotatable bonds is 7. The molecular weight excluding hydrogens is 282 g/mol. The van der Waals surface area contributed by atoms with E-state index in [4.69, 9.17) is 0 Å². The van der Waals surface area contributed by atoms with Gasteiger partial charge in [-0.3, -0.25) is 0 Å². The van der Waals surface area contributed by atoms with Crippen LogP contribution in [0.2, 0.25) is 0 Å². The van der Waals surface area contributed by atoms with E-state index >= 15 is 0 Å². The molecule has 0 saturated carbocycles. The van der Waals surface area contributed by atoms with E-state index in [1.807, 2.05) is 5.38 Å². The van der Waals surface area contributed by atoms with Gasteiger partial charge in [-0.15, -0.1) is 11.3 Å². The average Bonchev–Trinajstić information content (AvgIpc) is 2.95. The Morgan fingerprint density at radius 3 is 2.60 bits per heavy atom. The Morgan fingerprint density at radius 1 is 1.30 bits per heavy atom. The predicted molar refractivity (Wildman–Crippen MR) is 75.1 cm³/mol. The Labute approximate surface area is 120 Å². The van der Waals surface area contributed by atoms with Gasteiger partial charge in [0.1, 0.15) is 10.8 Å². The van der Waals surface area contributed by atoms with Gasteiger partial charge in [0.25, 0.3) is 0 Å². The van der Waals surface area contributed by atoms with Crippen LogP contribution in [-0.4, -0.2) is 11.6 Å². The maximum Gasteiger partial charge on any atom is 0.387 e. The summed E-state index contributed by atoms with van der Waals surface area (Å²) in [5.41, 5.74) is 1.02. The van der Waals surface area contributed by atoms with Crippen molar-refractivity contribution in [3.8, 4) is 5.75 Å². The molecule has 0 bridgehead atoms. The minimum atomic E-state index is -2.78. The number of ether oxygens (including phenoxy) is 1. The van der Waals surface area contributed by atoms with Crippen molar-refractivity contribution in [3.63, 3.8) is 0 Å². The summed E-state index contributed by atoms with van der Waals surface area (Å²) in [5.74, 6) is 0.177. The molecule has 0 amide bonds. The number of hydrogen-bond donors (Lipinski definition) is 1. The molecule has 0 fully saturated rings. The van der Waals surface area contributed by atoms with Crippen LogP contribution in [0.15, 0.2) is 35.8 Å². The molecule has 2 aromatic rings. The fourth-order valence-electron chi connectivity index (χ4n) is 1.84. The highest BCUT2D eigenvalue weighted by molar-refractivity contribution is 7.09. The molecule has 0 saturated heterocycles. The quantitative estimate of drug-likeness (QED) is 0.839. The van der Waals surface area contributed by atoms with Gasteiger partial charge < -0.3 is 10.1 Å². The van der Waals surface area contributed by atoms with Gasteiger partial charge in [-0.2, -0.15) is 8.78 Å². The van der Waals surface area contributed by atoms with E-state index in [0.717, 1.165) is 17.0 Å². The summed E-state index contributed by atoms with van der Waals surface area (Å²) in [6.45, 7) is -0.0283. The number of thiazole rings is 1. The van der Waals surface area contributed by atoms with Gasteiger partial charge in [0, 0.05) is 18.1 Å². The van der Waals surface area contributed by atoms with Crippen molar-refractivity contribution in [2.75, 3.05) is 0 Å². The molecule has 0 radical (unpaired) electrons. The van der Waals surface area contributed by atoms with Crippen LogP contribution < -0.4 is 10.1 Å². The van der Waals surface area contributed by atoms with Crippen LogP contribution in [0.5, 0.6) is 5.75 Å². The molecule has 1 heterocycles. The van der Waals surface area contributed by atoms with Gasteiger partial charge in [0.2, 0.25) is 0 Å². The van der Waals surface area contributed by atoms with E-state index in [2.05, 4.69) is 22.0 Å². The first-order valence-corrected chi connectivity index (χ1v) is 7.23. The summed E-state index contributed by atoms with van der Waals surface area (Å²) in [7, 11) is 0. The highest BCUT2D eigenvalue weighted by Gasteiger charge is 2.11. The first-order chi connectivity index (χ1) is 9.69. The first-order valence-electron chi connectivity index (χ1n) is 6.35. The summed E-state index contributed by atoms with van der Waals surface area (Å²) in [5, 5.41) is 6.42. The number of hydrogen-bond acceptors (Lipinski definition) is 4. The normalized spacial score (nSPS) is 12.6. The SMILES string of the molecule is CCC(NCc1ccc(OC(F)F)cc1)c1nccs1. The lowest BCUT2D eigenvalue weighted by Gasteiger charge is -2.14. The predicted octanol–water partition coefficient (Wildman–Crippen LogP) is 3.99. The minimum absolute atomic E-state index is 0.177. The zero-order valence-corrected chi connectivity index (χ0v) is 11.9. The summed E-state index contributed by atoms with van der Waals surface area (Å²) in [6.07, 6.45) is 2.74. The Kier molecular flexibility index (Phi) is 5.43. The Bertz CT molecular complexity index is 502. The summed E-state index contributed by atoms with van der Waals surface area (Å²) >= 11 is 1.62. The lowest BCUT2D eigenvalue weighted by Crippen LogP contribution is -2.20. The number of nitrogens with zero attached hydrogens (tertiary/aromatic N) is 1. The van der Waals surface area contributed by atoms with E-state index < -0.39 is 6.61 Å². The van der Waals surface area contributed by atoms with Gasteiger partial charge in [-0.1, -0.05) is 19.1 Å². The van der Waals surface area contributed by atoms with E-state index in [9.17, 15) is 8.78 Å². The molecule has 6 heteroatoms. The molecule has 1 aromatic carbocycles. The molecule has 1 N–H and O–H groups in total. The van der Waals surface area contributed by atoms with Crippen molar-refractivity contribution in [2.24, 2.45) is 0 Å². The number of aromatic nitrogens is 1. The fourth-order valence-corrected chi connectivity index (χ4v) is 2.64. The molecular formula is C14H16F2N2OS. The maximum absolute atomic E-state index is 12.0. The van der Waals surface area contributed by atoms with Crippen LogP contribution in [-0.2, 0) is 6.54 Å². The third-order valence-corrected chi connectivity index (χ3v) is 3.75. The van der Waals surface area contributed by atoms with Gasteiger partial charge in [-0.05, 0) is 24.1 Å². The van der Waals surface area contributed by atoms with Gasteiger partial charge >= 0.3 is 6.61 Å². The largest absolute Gasteiger partial charge is 0.435 e. The second-order valence-corrected chi connectivity index (χ2v) is 5.16. The number of benzene rings is 1. The van der Waals surface area contributed by atoms with Crippen LogP contribution in [0, 0.1) is 0 Å². The number of nitrogens with one attached hydrogen (secondary N) is 1. The van der Waals surface area contributed by atoms with E-state index in [-0.39, 0.29) is 11.8 Å². The molecule has 2 rings (SSSR count). The van der Waals surface area contributed by atoms with Crippen LogP contribution in [0.25, 0.3) is 0 Å². The Morgan fingerprint density at radius 2 is 2.05 bits per heavy atom. The van der Waals surface area contributed by atoms with Crippen molar-refractivity contribution < 1.29 is 13.5 Å². The van der Waals surface area contributed by atoms with Crippen molar-refractivity contribution in [2.45, 2.75) is 32.5 Å². The zero-order chi connectivity index (χ0) is 14.4. The summed E-state index contributed by atoms with van der Waals surface area (Å²) in [4.78, 5) is 4.30. The molecule has 3 nitrogen and oxygen atoms in total. The number of alkyl halides is 2. The molecule has 1 unspecified atom stereocenters. The molecule has 0 aliphatic rings. The molecule has 20 heavy (non-hydrogen) atoms. The monoisotopic (exact) mass is 298 g/mol. The molecule has 1 aromatic heterocycles. The second kappa shape index (κ2) is 7.31. The minimum Gasteiger partial charge on any atom is -0.435 e. The lowest BCUT2D eigenvalue weighted by molar-refractivity contribution is -0.0498. The molecule has 1 atom stereocenters. The van der Waals surface area contributed by atoms with Gasteiger partial charge in [0.15, 0.2) is 0 Å². The molecule has 0 spiro atoms. The smallest absolute Gasteiger partial charge is 0.387 e. The van der Waals surface area contributed by atoms with Crippen LogP contribution in [0.3, 0.4) is 0 Å². The molecule has 0 aliphatic heterocycles. The summed E-state index contributed by atoms with van der Waals surface area (Å²) < 4.78 is 28.4. The maximum atomic E-state index is 12.0. The third kappa shape index (κ3) is 4.25. The lowest BCUT2D eigenvalue weighted by atomic mass is 10.2. The van der Waals surface area contributed by atoms with E-state index in [0.29, 0.717) is 6.54 Å². The third-order valence-electron chi connectivity index (χ3n) is 2.86. The number of halogens is 2. The van der Waals surface area contributed by atoms with Gasteiger partial charge in [-0.25, -0.2) is 4.98 Å². The van der Waals surface area contributed by atoms with E-state index in [1.54, 1.807) is 41.8 Å². The second-order valence-electron chi connectivity index (χ2n) is 4.23.